The van der Waals surface area contributed by atoms with Gasteiger partial charge in [0.05, 0.1) is 24.3 Å². The Morgan fingerprint density at radius 1 is 1.25 bits per heavy atom. The molecule has 0 aliphatic carbocycles. The van der Waals surface area contributed by atoms with Crippen LogP contribution >= 0.6 is 31.9 Å². The first-order valence-electron chi connectivity index (χ1n) is 6.69. The van der Waals surface area contributed by atoms with Crippen LogP contribution in [0.2, 0.25) is 0 Å². The predicted molar refractivity (Wildman–Crippen MR) is 87.2 cm³/mol. The summed E-state index contributed by atoms with van der Waals surface area (Å²) >= 11 is 7.02. The third kappa shape index (κ3) is 6.54. The van der Waals surface area contributed by atoms with E-state index in [0.717, 1.165) is 39.8 Å². The van der Waals surface area contributed by atoms with E-state index >= 15 is 0 Å². The highest BCUT2D eigenvalue weighted by atomic mass is 79.9. The number of aliphatic hydroxyl groups is 1. The second-order valence-electron chi connectivity index (χ2n) is 4.18. The third-order valence-electron chi connectivity index (χ3n) is 2.57. The van der Waals surface area contributed by atoms with Crippen LogP contribution in [0.3, 0.4) is 0 Å². The van der Waals surface area contributed by atoms with Gasteiger partial charge in [-0.3, -0.25) is 0 Å². The summed E-state index contributed by atoms with van der Waals surface area (Å²) in [7, 11) is 0. The number of aliphatic hydroxyl groups excluding tert-OH is 1. The van der Waals surface area contributed by atoms with Crippen molar-refractivity contribution in [3.05, 3.63) is 26.6 Å². The van der Waals surface area contributed by atoms with Gasteiger partial charge in [0.2, 0.25) is 0 Å². The average molecular weight is 411 g/mol. The van der Waals surface area contributed by atoms with Gasteiger partial charge >= 0.3 is 0 Å². The van der Waals surface area contributed by atoms with Crippen LogP contribution in [0.15, 0.2) is 21.1 Å². The highest BCUT2D eigenvalue weighted by Gasteiger charge is 2.09. The molecule has 1 aromatic rings. The lowest BCUT2D eigenvalue weighted by Gasteiger charge is -2.13. The molecule has 20 heavy (non-hydrogen) atoms. The average Bonchev–Trinajstić information content (AvgIpc) is 2.41. The molecule has 0 atom stereocenters. The van der Waals surface area contributed by atoms with Crippen LogP contribution < -0.4 is 10.1 Å². The number of ether oxygens (including phenoxy) is 2. The minimum Gasteiger partial charge on any atom is -0.492 e. The lowest BCUT2D eigenvalue weighted by Crippen LogP contribution is -2.17. The zero-order chi connectivity index (χ0) is 14.8. The zero-order valence-electron chi connectivity index (χ0n) is 11.6. The van der Waals surface area contributed by atoms with Gasteiger partial charge in [-0.1, -0.05) is 15.9 Å². The van der Waals surface area contributed by atoms with Gasteiger partial charge in [-0.2, -0.15) is 0 Å². The van der Waals surface area contributed by atoms with Crippen molar-refractivity contribution < 1.29 is 14.6 Å². The number of hydrogen-bond acceptors (Lipinski definition) is 4. The highest BCUT2D eigenvalue weighted by Crippen LogP contribution is 2.32. The minimum atomic E-state index is 0.0806. The number of rotatable bonds is 10. The van der Waals surface area contributed by atoms with E-state index in [4.69, 9.17) is 14.6 Å². The summed E-state index contributed by atoms with van der Waals surface area (Å²) in [6.45, 7) is 5.37. The molecule has 1 rings (SSSR count). The van der Waals surface area contributed by atoms with Crippen LogP contribution in [0.25, 0.3) is 0 Å². The van der Waals surface area contributed by atoms with E-state index in [1.807, 2.05) is 13.0 Å². The molecule has 0 spiro atoms. The Hall–Kier alpha value is -0.140. The van der Waals surface area contributed by atoms with E-state index < -0.39 is 0 Å². The molecular weight excluding hydrogens is 390 g/mol. The molecule has 0 amide bonds. The molecule has 0 aromatic heterocycles. The van der Waals surface area contributed by atoms with Gasteiger partial charge in [-0.15, -0.1) is 0 Å². The molecule has 1 aromatic carbocycles. The lowest BCUT2D eigenvalue weighted by molar-refractivity contribution is 0.0907. The molecule has 0 aliphatic heterocycles. The van der Waals surface area contributed by atoms with Gasteiger partial charge in [0.1, 0.15) is 5.75 Å². The van der Waals surface area contributed by atoms with Crippen LogP contribution in [0, 0.1) is 0 Å². The molecule has 0 saturated carbocycles. The fourth-order valence-corrected chi connectivity index (χ4v) is 3.17. The fourth-order valence-electron chi connectivity index (χ4n) is 1.74. The maximum absolute atomic E-state index is 8.59. The van der Waals surface area contributed by atoms with E-state index in [1.165, 1.54) is 0 Å². The molecule has 2 N–H and O–H groups in total. The standard InChI is InChI=1S/C14H21Br2NO3/c1-2-20-14-11(8-12(15)9-13(14)16)10-17-4-3-6-19-7-5-18/h8-9,17-18H,2-7,10H2,1H3. The molecule has 0 unspecified atom stereocenters. The van der Waals surface area contributed by atoms with Crippen molar-refractivity contribution in [2.75, 3.05) is 33.0 Å². The van der Waals surface area contributed by atoms with E-state index in [1.54, 1.807) is 0 Å². The van der Waals surface area contributed by atoms with Crippen molar-refractivity contribution in [3.8, 4) is 5.75 Å². The van der Waals surface area contributed by atoms with E-state index in [9.17, 15) is 0 Å². The smallest absolute Gasteiger partial charge is 0.138 e. The number of halogens is 2. The summed E-state index contributed by atoms with van der Waals surface area (Å²) in [5, 5.41) is 12.0. The number of hydrogen-bond donors (Lipinski definition) is 2. The maximum atomic E-state index is 8.59. The van der Waals surface area contributed by atoms with Crippen molar-refractivity contribution in [2.45, 2.75) is 19.9 Å². The van der Waals surface area contributed by atoms with E-state index in [2.05, 4.69) is 43.2 Å². The van der Waals surface area contributed by atoms with Gasteiger partial charge in [-0.05, 0) is 48.0 Å². The Bertz CT molecular complexity index is 402. The fraction of sp³-hybridized carbons (Fsp3) is 0.571. The van der Waals surface area contributed by atoms with Crippen molar-refractivity contribution in [1.29, 1.82) is 0 Å². The first-order valence-corrected chi connectivity index (χ1v) is 8.27. The minimum absolute atomic E-state index is 0.0806. The normalized spacial score (nSPS) is 10.8. The molecule has 6 heteroatoms. The van der Waals surface area contributed by atoms with Crippen molar-refractivity contribution in [1.82, 2.24) is 5.32 Å². The lowest BCUT2D eigenvalue weighted by atomic mass is 10.2. The van der Waals surface area contributed by atoms with Crippen LogP contribution in [0.4, 0.5) is 0 Å². The summed E-state index contributed by atoms with van der Waals surface area (Å²) < 4.78 is 12.9. The zero-order valence-corrected chi connectivity index (χ0v) is 14.8. The summed E-state index contributed by atoms with van der Waals surface area (Å²) in [6, 6.07) is 4.04. The topological polar surface area (TPSA) is 50.7 Å². The van der Waals surface area contributed by atoms with Gasteiger partial charge in [0, 0.05) is 23.2 Å². The van der Waals surface area contributed by atoms with Crippen LogP contribution in [0.5, 0.6) is 5.75 Å². The first-order chi connectivity index (χ1) is 9.69. The molecule has 114 valence electrons. The molecule has 4 nitrogen and oxygen atoms in total. The predicted octanol–water partition coefficient (Wildman–Crippen LogP) is 3.10. The van der Waals surface area contributed by atoms with Crippen molar-refractivity contribution >= 4 is 31.9 Å². The number of nitrogens with one attached hydrogen (secondary N) is 1. The Kier molecular flexibility index (Phi) is 9.46. The van der Waals surface area contributed by atoms with E-state index in [0.29, 0.717) is 19.8 Å². The Labute approximate surface area is 137 Å². The van der Waals surface area contributed by atoms with Crippen LogP contribution in [0.1, 0.15) is 18.9 Å². The summed E-state index contributed by atoms with van der Waals surface area (Å²) in [5.41, 5.74) is 1.12. The third-order valence-corrected chi connectivity index (χ3v) is 3.61. The van der Waals surface area contributed by atoms with Gasteiger partial charge in [-0.25, -0.2) is 0 Å². The molecule has 0 aliphatic rings. The van der Waals surface area contributed by atoms with Crippen LogP contribution in [-0.2, 0) is 11.3 Å². The highest BCUT2D eigenvalue weighted by molar-refractivity contribution is 9.11. The molecule has 0 radical (unpaired) electrons. The summed E-state index contributed by atoms with van der Waals surface area (Å²) in [4.78, 5) is 0. The molecule has 0 saturated heterocycles. The summed E-state index contributed by atoms with van der Waals surface area (Å²) in [6.07, 6.45) is 0.916. The van der Waals surface area contributed by atoms with Crippen molar-refractivity contribution in [2.24, 2.45) is 0 Å². The monoisotopic (exact) mass is 409 g/mol. The molecule has 0 bridgehead atoms. The van der Waals surface area contributed by atoms with Crippen molar-refractivity contribution in [3.63, 3.8) is 0 Å². The Morgan fingerprint density at radius 2 is 2.05 bits per heavy atom. The number of benzene rings is 1. The van der Waals surface area contributed by atoms with Gasteiger partial charge < -0.3 is 19.9 Å². The molecule has 0 fully saturated rings. The summed E-state index contributed by atoms with van der Waals surface area (Å²) in [5.74, 6) is 0.889. The second-order valence-corrected chi connectivity index (χ2v) is 5.95. The Balaban J connectivity index is 2.42. The van der Waals surface area contributed by atoms with E-state index in [-0.39, 0.29) is 6.61 Å². The van der Waals surface area contributed by atoms with Crippen LogP contribution in [-0.4, -0.2) is 38.1 Å². The Morgan fingerprint density at radius 3 is 2.75 bits per heavy atom. The maximum Gasteiger partial charge on any atom is 0.138 e. The van der Waals surface area contributed by atoms with Gasteiger partial charge in [0.15, 0.2) is 0 Å². The quantitative estimate of drug-likeness (QED) is 0.582. The van der Waals surface area contributed by atoms with Gasteiger partial charge in [0.25, 0.3) is 0 Å². The SMILES string of the molecule is CCOc1c(Br)cc(Br)cc1CNCCCOCCO. The first kappa shape index (κ1) is 17.9. The largest absolute Gasteiger partial charge is 0.492 e. The molecular formula is C14H21Br2NO3. The second kappa shape index (κ2) is 10.6. The molecule has 0 heterocycles.